The first-order valence-electron chi connectivity index (χ1n) is 3.90. The Morgan fingerprint density at radius 3 is 2.65 bits per heavy atom. The highest BCUT2D eigenvalue weighted by molar-refractivity contribution is 7.91. The van der Waals surface area contributed by atoms with Crippen LogP contribution < -0.4 is 9.44 Å². The van der Waals surface area contributed by atoms with Gasteiger partial charge in [-0.05, 0) is 0 Å². The molecule has 0 aliphatic heterocycles. The van der Waals surface area contributed by atoms with Crippen LogP contribution >= 0.6 is 23.2 Å². The molecule has 94 valence electrons. The van der Waals surface area contributed by atoms with Crippen molar-refractivity contribution < 1.29 is 17.9 Å². The minimum atomic E-state index is -4.19. The van der Waals surface area contributed by atoms with Crippen LogP contribution in [-0.2, 0) is 14.9 Å². The van der Waals surface area contributed by atoms with Crippen LogP contribution in [0.1, 0.15) is 0 Å². The lowest BCUT2D eigenvalue weighted by Crippen LogP contribution is -2.35. The molecular formula is C6H6Cl2N4O4S. The normalized spacial score (nSPS) is 10.8. The average Bonchev–Trinajstić information content (AvgIpc) is 2.23. The molecule has 1 heterocycles. The number of nitrogens with one attached hydrogen (secondary N) is 2. The molecule has 17 heavy (non-hydrogen) atoms. The Kier molecular flexibility index (Phi) is 4.32. The Balaban J connectivity index is 2.91. The zero-order valence-corrected chi connectivity index (χ0v) is 10.6. The molecule has 11 heteroatoms. The number of rotatable bonds is 3. The van der Waals surface area contributed by atoms with Gasteiger partial charge in [0.25, 0.3) is 0 Å². The minimum Gasteiger partial charge on any atom is -0.452 e. The van der Waals surface area contributed by atoms with Crippen LogP contribution in [0.25, 0.3) is 0 Å². The van der Waals surface area contributed by atoms with E-state index in [9.17, 15) is 13.2 Å². The van der Waals surface area contributed by atoms with Gasteiger partial charge in [0, 0.05) is 0 Å². The molecule has 0 spiro atoms. The van der Waals surface area contributed by atoms with E-state index in [1.807, 2.05) is 4.72 Å². The van der Waals surface area contributed by atoms with Crippen LogP contribution in [0.4, 0.5) is 10.6 Å². The van der Waals surface area contributed by atoms with Gasteiger partial charge >= 0.3 is 16.3 Å². The number of halogens is 2. The van der Waals surface area contributed by atoms with Crippen molar-refractivity contribution in [2.45, 2.75) is 0 Å². The summed E-state index contributed by atoms with van der Waals surface area (Å²) in [6.45, 7) is 0. The van der Waals surface area contributed by atoms with Gasteiger partial charge in [-0.2, -0.15) is 8.42 Å². The van der Waals surface area contributed by atoms with Gasteiger partial charge in [-0.15, -0.1) is 0 Å². The molecule has 0 aromatic carbocycles. The minimum absolute atomic E-state index is 0.127. The first kappa shape index (κ1) is 13.7. The molecule has 0 aliphatic rings. The second-order valence-corrected chi connectivity index (χ2v) is 4.68. The van der Waals surface area contributed by atoms with E-state index in [-0.39, 0.29) is 16.0 Å². The number of carbonyl (C=O) groups excluding carboxylic acids is 1. The van der Waals surface area contributed by atoms with Gasteiger partial charge in [-0.25, -0.2) is 24.2 Å². The molecule has 0 aliphatic carbocycles. The number of anilines is 1. The van der Waals surface area contributed by atoms with Crippen molar-refractivity contribution >= 4 is 45.3 Å². The molecule has 1 aromatic heterocycles. The number of carbonyl (C=O) groups is 1. The quantitative estimate of drug-likeness (QED) is 0.799. The van der Waals surface area contributed by atoms with Crippen molar-refractivity contribution in [2.75, 3.05) is 11.8 Å². The Bertz CT molecular complexity index is 535. The van der Waals surface area contributed by atoms with Crippen molar-refractivity contribution in [3.63, 3.8) is 0 Å². The topological polar surface area (TPSA) is 110 Å². The highest BCUT2D eigenvalue weighted by Crippen LogP contribution is 2.25. The number of ether oxygens (including phenoxy) is 1. The van der Waals surface area contributed by atoms with E-state index < -0.39 is 16.3 Å². The second kappa shape index (κ2) is 5.34. The third kappa shape index (κ3) is 3.88. The summed E-state index contributed by atoms with van der Waals surface area (Å²) in [4.78, 5) is 17.8. The lowest BCUT2D eigenvalue weighted by Gasteiger charge is -2.08. The van der Waals surface area contributed by atoms with E-state index in [0.29, 0.717) is 0 Å². The van der Waals surface area contributed by atoms with Gasteiger partial charge in [0.2, 0.25) is 0 Å². The fourth-order valence-corrected chi connectivity index (χ4v) is 1.82. The number of amides is 1. The van der Waals surface area contributed by atoms with Gasteiger partial charge in [-0.3, -0.25) is 0 Å². The average molecular weight is 301 g/mol. The number of hydrogen-bond acceptors (Lipinski definition) is 6. The first-order valence-corrected chi connectivity index (χ1v) is 6.14. The van der Waals surface area contributed by atoms with E-state index in [4.69, 9.17) is 23.2 Å². The van der Waals surface area contributed by atoms with Crippen molar-refractivity contribution in [3.05, 3.63) is 16.5 Å². The molecule has 0 radical (unpaired) electrons. The van der Waals surface area contributed by atoms with Crippen LogP contribution in [0.2, 0.25) is 10.2 Å². The maximum Gasteiger partial charge on any atom is 0.422 e. The van der Waals surface area contributed by atoms with Crippen molar-refractivity contribution in [3.8, 4) is 0 Å². The third-order valence-electron chi connectivity index (χ3n) is 1.38. The summed E-state index contributed by atoms with van der Waals surface area (Å²) in [5.74, 6) is -0.261. The van der Waals surface area contributed by atoms with Crippen molar-refractivity contribution in [1.82, 2.24) is 14.7 Å². The number of aromatic nitrogens is 2. The smallest absolute Gasteiger partial charge is 0.422 e. The second-order valence-electron chi connectivity index (χ2n) is 2.53. The third-order valence-corrected chi connectivity index (χ3v) is 3.02. The standard InChI is InChI=1S/C6H6Cl2N4O4S/c1-16-6(13)12-17(14,15)11-5-3(7)4(8)9-2-10-5/h2H,1H3,(H,12,13)(H,9,10,11). The van der Waals surface area contributed by atoms with Gasteiger partial charge < -0.3 is 4.74 Å². The van der Waals surface area contributed by atoms with E-state index in [2.05, 4.69) is 14.7 Å². The largest absolute Gasteiger partial charge is 0.452 e. The molecular weight excluding hydrogens is 295 g/mol. The fourth-order valence-electron chi connectivity index (χ4n) is 0.724. The fraction of sp³-hybridized carbons (Fsp3) is 0.167. The lowest BCUT2D eigenvalue weighted by molar-refractivity contribution is 0.177. The zero-order chi connectivity index (χ0) is 13.1. The summed E-state index contributed by atoms with van der Waals surface area (Å²) in [6.07, 6.45) is -0.154. The molecule has 0 atom stereocenters. The molecule has 8 nitrogen and oxygen atoms in total. The molecule has 1 amide bonds. The Morgan fingerprint density at radius 2 is 2.06 bits per heavy atom. The lowest BCUT2D eigenvalue weighted by atomic mass is 10.6. The van der Waals surface area contributed by atoms with Crippen LogP contribution in [0.3, 0.4) is 0 Å². The van der Waals surface area contributed by atoms with Crippen molar-refractivity contribution in [1.29, 1.82) is 0 Å². The summed E-state index contributed by atoms with van der Waals surface area (Å²) >= 11 is 11.2. The zero-order valence-electron chi connectivity index (χ0n) is 8.27. The van der Waals surface area contributed by atoms with Gasteiger partial charge in [0.1, 0.15) is 11.3 Å². The molecule has 0 unspecified atom stereocenters. The number of hydrogen-bond donors (Lipinski definition) is 2. The van der Waals surface area contributed by atoms with Gasteiger partial charge in [0.15, 0.2) is 11.0 Å². The van der Waals surface area contributed by atoms with E-state index in [0.717, 1.165) is 13.4 Å². The monoisotopic (exact) mass is 300 g/mol. The maximum absolute atomic E-state index is 11.3. The van der Waals surface area contributed by atoms with Crippen molar-refractivity contribution in [2.24, 2.45) is 0 Å². The Hall–Kier alpha value is -1.32. The summed E-state index contributed by atoms with van der Waals surface area (Å²) < 4.78 is 30.2. The number of methoxy groups -OCH3 is 1. The molecule has 1 aromatic rings. The molecule has 2 N–H and O–H groups in total. The molecule has 0 bridgehead atoms. The molecule has 0 fully saturated rings. The SMILES string of the molecule is COC(=O)NS(=O)(=O)Nc1ncnc(Cl)c1Cl. The van der Waals surface area contributed by atoms with Gasteiger partial charge in [0.05, 0.1) is 7.11 Å². The molecule has 1 rings (SSSR count). The number of nitrogens with zero attached hydrogens (tertiary/aromatic N) is 2. The van der Waals surface area contributed by atoms with Gasteiger partial charge in [-0.1, -0.05) is 23.2 Å². The highest BCUT2D eigenvalue weighted by Gasteiger charge is 2.18. The van der Waals surface area contributed by atoms with E-state index >= 15 is 0 Å². The summed E-state index contributed by atoms with van der Waals surface area (Å²) in [7, 11) is -3.18. The van der Waals surface area contributed by atoms with E-state index in [1.54, 1.807) is 0 Å². The Morgan fingerprint density at radius 1 is 1.41 bits per heavy atom. The predicted molar refractivity (Wildman–Crippen MR) is 60.1 cm³/mol. The summed E-state index contributed by atoms with van der Waals surface area (Å²) in [6, 6.07) is 0. The Labute approximate surface area is 106 Å². The highest BCUT2D eigenvalue weighted by atomic mass is 35.5. The van der Waals surface area contributed by atoms with Crippen LogP contribution in [0, 0.1) is 0 Å². The molecule has 0 saturated heterocycles. The predicted octanol–water partition coefficient (Wildman–Crippen LogP) is 0.796. The molecule has 0 saturated carbocycles. The maximum atomic E-state index is 11.3. The van der Waals surface area contributed by atoms with Crippen LogP contribution in [0.15, 0.2) is 6.33 Å². The van der Waals surface area contributed by atoms with E-state index in [1.165, 1.54) is 4.72 Å². The first-order chi connectivity index (χ1) is 7.85. The van der Waals surface area contributed by atoms with Crippen LogP contribution in [-0.4, -0.2) is 31.6 Å². The van der Waals surface area contributed by atoms with Crippen LogP contribution in [0.5, 0.6) is 0 Å². The summed E-state index contributed by atoms with van der Waals surface area (Å²) in [5.41, 5.74) is 0. The summed E-state index contributed by atoms with van der Waals surface area (Å²) in [5, 5.41) is -0.318.